The van der Waals surface area contributed by atoms with Crippen LogP contribution < -0.4 is 0 Å². The average Bonchev–Trinajstić information content (AvgIpc) is 2.98. The van der Waals surface area contributed by atoms with Crippen LogP contribution in [0, 0.1) is 6.92 Å². The summed E-state index contributed by atoms with van der Waals surface area (Å²) >= 11 is 0. The van der Waals surface area contributed by atoms with E-state index in [1.807, 2.05) is 79.7 Å². The van der Waals surface area contributed by atoms with E-state index in [1.165, 1.54) is 0 Å². The number of nitrogens with zero attached hydrogens (tertiary/aromatic N) is 2. The normalized spacial score (nSPS) is 11.0. The number of aromatic nitrogens is 2. The third-order valence-electron chi connectivity index (χ3n) is 3.86. The van der Waals surface area contributed by atoms with Crippen LogP contribution in [0.1, 0.15) is 34.2 Å². The van der Waals surface area contributed by atoms with Gasteiger partial charge in [-0.25, -0.2) is 9.48 Å². The Labute approximate surface area is 147 Å². The maximum absolute atomic E-state index is 12.4. The molecule has 0 aliphatic carbocycles. The molecule has 0 atom stereocenters. The molecule has 0 unspecified atom stereocenters. The highest BCUT2D eigenvalue weighted by Gasteiger charge is 2.21. The lowest BCUT2D eigenvalue weighted by Crippen LogP contribution is -2.07. The second-order valence-electron chi connectivity index (χ2n) is 5.56. The van der Waals surface area contributed by atoms with Gasteiger partial charge in [0.1, 0.15) is 11.3 Å². The Morgan fingerprint density at radius 3 is 2.32 bits per heavy atom. The van der Waals surface area contributed by atoms with Crippen LogP contribution in [0.4, 0.5) is 0 Å². The summed E-state index contributed by atoms with van der Waals surface area (Å²) in [6.45, 7) is 4.01. The molecule has 0 saturated carbocycles. The first kappa shape index (κ1) is 16.7. The van der Waals surface area contributed by atoms with Gasteiger partial charge in [0.15, 0.2) is 0 Å². The van der Waals surface area contributed by atoms with Crippen molar-refractivity contribution in [3.63, 3.8) is 0 Å². The summed E-state index contributed by atoms with van der Waals surface area (Å²) in [6, 6.07) is 19.7. The van der Waals surface area contributed by atoms with Crippen LogP contribution in [-0.4, -0.2) is 22.4 Å². The van der Waals surface area contributed by atoms with E-state index in [1.54, 1.807) is 11.6 Å². The van der Waals surface area contributed by atoms with Crippen molar-refractivity contribution in [3.8, 4) is 5.69 Å². The predicted molar refractivity (Wildman–Crippen MR) is 99.6 cm³/mol. The van der Waals surface area contributed by atoms with E-state index in [9.17, 15) is 4.79 Å². The first-order valence-electron chi connectivity index (χ1n) is 8.26. The second-order valence-corrected chi connectivity index (χ2v) is 5.56. The monoisotopic (exact) mass is 332 g/mol. The Balaban J connectivity index is 2.06. The summed E-state index contributed by atoms with van der Waals surface area (Å²) in [5.74, 6) is -0.352. The van der Waals surface area contributed by atoms with Crippen molar-refractivity contribution in [1.29, 1.82) is 0 Å². The lowest BCUT2D eigenvalue weighted by atomic mass is 10.1. The first-order chi connectivity index (χ1) is 12.2. The molecule has 0 amide bonds. The van der Waals surface area contributed by atoms with E-state index in [-0.39, 0.29) is 5.97 Å². The highest BCUT2D eigenvalue weighted by molar-refractivity contribution is 5.95. The number of para-hydroxylation sites is 1. The van der Waals surface area contributed by atoms with Crippen LogP contribution in [0.3, 0.4) is 0 Å². The fraction of sp³-hybridized carbons (Fsp3) is 0.143. The Morgan fingerprint density at radius 2 is 1.68 bits per heavy atom. The van der Waals surface area contributed by atoms with Crippen molar-refractivity contribution in [2.45, 2.75) is 13.8 Å². The summed E-state index contributed by atoms with van der Waals surface area (Å²) in [4.78, 5) is 12.4. The lowest BCUT2D eigenvalue weighted by molar-refractivity contribution is 0.0525. The fourth-order valence-corrected chi connectivity index (χ4v) is 2.66. The molecule has 0 bridgehead atoms. The van der Waals surface area contributed by atoms with Gasteiger partial charge in [0.05, 0.1) is 18.0 Å². The second kappa shape index (κ2) is 7.62. The number of carbonyl (C=O) groups is 1. The molecule has 3 aromatic rings. The molecule has 1 heterocycles. The van der Waals surface area contributed by atoms with Gasteiger partial charge in [-0.15, -0.1) is 0 Å². The van der Waals surface area contributed by atoms with Crippen LogP contribution in [0.15, 0.2) is 60.7 Å². The van der Waals surface area contributed by atoms with Gasteiger partial charge >= 0.3 is 5.97 Å². The minimum atomic E-state index is -0.352. The molecule has 0 aliphatic rings. The molecular formula is C21H20N2O2. The van der Waals surface area contributed by atoms with Gasteiger partial charge in [-0.1, -0.05) is 54.6 Å². The SMILES string of the molecule is CCOC(=O)c1c(C=Cc2ccccc2)nn(-c2ccccc2)c1C. The smallest absolute Gasteiger partial charge is 0.342 e. The summed E-state index contributed by atoms with van der Waals surface area (Å²) in [6.07, 6.45) is 3.80. The summed E-state index contributed by atoms with van der Waals surface area (Å²) in [7, 11) is 0. The molecule has 2 aromatic carbocycles. The Morgan fingerprint density at radius 1 is 1.04 bits per heavy atom. The highest BCUT2D eigenvalue weighted by Crippen LogP contribution is 2.21. The first-order valence-corrected chi connectivity index (χ1v) is 8.26. The Bertz CT molecular complexity index is 881. The van der Waals surface area contributed by atoms with Crippen LogP contribution in [0.25, 0.3) is 17.8 Å². The zero-order chi connectivity index (χ0) is 17.6. The van der Waals surface area contributed by atoms with Gasteiger partial charge in [0.25, 0.3) is 0 Å². The molecule has 1 aromatic heterocycles. The van der Waals surface area contributed by atoms with Gasteiger partial charge in [0, 0.05) is 0 Å². The molecule has 0 saturated heterocycles. The number of hydrogen-bond acceptors (Lipinski definition) is 3. The molecular weight excluding hydrogens is 312 g/mol. The Hall–Kier alpha value is -3.14. The van der Waals surface area contributed by atoms with E-state index in [0.717, 1.165) is 16.9 Å². The molecule has 4 heteroatoms. The largest absolute Gasteiger partial charge is 0.462 e. The molecule has 0 N–H and O–H groups in total. The molecule has 3 rings (SSSR count). The number of rotatable bonds is 5. The molecule has 4 nitrogen and oxygen atoms in total. The van der Waals surface area contributed by atoms with Gasteiger partial charge in [-0.05, 0) is 37.6 Å². The standard InChI is InChI=1S/C21H20N2O2/c1-3-25-21(24)20-16(2)23(18-12-8-5-9-13-18)22-19(20)15-14-17-10-6-4-7-11-17/h4-15H,3H2,1-2H3. The highest BCUT2D eigenvalue weighted by atomic mass is 16.5. The number of benzene rings is 2. The molecule has 0 fully saturated rings. The van der Waals surface area contributed by atoms with E-state index >= 15 is 0 Å². The van der Waals surface area contributed by atoms with Crippen LogP contribution in [0.5, 0.6) is 0 Å². The van der Waals surface area contributed by atoms with Crippen molar-refractivity contribution in [1.82, 2.24) is 9.78 Å². The average molecular weight is 332 g/mol. The third-order valence-corrected chi connectivity index (χ3v) is 3.86. The number of ether oxygens (including phenoxy) is 1. The zero-order valence-electron chi connectivity index (χ0n) is 14.3. The van der Waals surface area contributed by atoms with Crippen LogP contribution in [0.2, 0.25) is 0 Å². The van der Waals surface area contributed by atoms with Crippen LogP contribution in [-0.2, 0) is 4.74 Å². The van der Waals surface area contributed by atoms with E-state index in [4.69, 9.17) is 4.74 Å². The van der Waals surface area contributed by atoms with Gasteiger partial charge < -0.3 is 4.74 Å². The maximum Gasteiger partial charge on any atom is 0.342 e. The minimum absolute atomic E-state index is 0.330. The third kappa shape index (κ3) is 3.69. The quantitative estimate of drug-likeness (QED) is 0.645. The molecule has 126 valence electrons. The summed E-state index contributed by atoms with van der Waals surface area (Å²) in [5.41, 5.74) is 3.81. The number of carbonyl (C=O) groups excluding carboxylic acids is 1. The van der Waals surface area contributed by atoms with Gasteiger partial charge in [0.2, 0.25) is 0 Å². The van der Waals surface area contributed by atoms with Crippen molar-refractivity contribution >= 4 is 18.1 Å². The van der Waals surface area contributed by atoms with Crippen molar-refractivity contribution in [2.24, 2.45) is 0 Å². The van der Waals surface area contributed by atoms with Crippen molar-refractivity contribution in [2.75, 3.05) is 6.61 Å². The van der Waals surface area contributed by atoms with Gasteiger partial charge in [-0.2, -0.15) is 5.10 Å². The van der Waals surface area contributed by atoms with Crippen LogP contribution >= 0.6 is 0 Å². The Kier molecular flexibility index (Phi) is 5.09. The minimum Gasteiger partial charge on any atom is -0.462 e. The van der Waals surface area contributed by atoms with Gasteiger partial charge in [-0.3, -0.25) is 0 Å². The maximum atomic E-state index is 12.4. The van der Waals surface area contributed by atoms with Crippen molar-refractivity contribution < 1.29 is 9.53 Å². The van der Waals surface area contributed by atoms with E-state index in [0.29, 0.717) is 17.9 Å². The van der Waals surface area contributed by atoms with E-state index in [2.05, 4.69) is 5.10 Å². The van der Waals surface area contributed by atoms with E-state index < -0.39 is 0 Å². The zero-order valence-corrected chi connectivity index (χ0v) is 14.3. The topological polar surface area (TPSA) is 44.1 Å². The summed E-state index contributed by atoms with van der Waals surface area (Å²) in [5, 5.41) is 4.63. The molecule has 25 heavy (non-hydrogen) atoms. The fourth-order valence-electron chi connectivity index (χ4n) is 2.66. The number of esters is 1. The molecule has 0 spiro atoms. The molecule has 0 aliphatic heterocycles. The number of hydrogen-bond donors (Lipinski definition) is 0. The predicted octanol–water partition coefficient (Wildman–Crippen LogP) is 4.53. The lowest BCUT2D eigenvalue weighted by Gasteiger charge is -2.04. The van der Waals surface area contributed by atoms with Crippen molar-refractivity contribution in [3.05, 3.63) is 83.2 Å². The summed E-state index contributed by atoms with van der Waals surface area (Å²) < 4.78 is 7.00. The molecule has 0 radical (unpaired) electrons.